The normalized spacial score (nSPS) is 23.3. The third kappa shape index (κ3) is 3.53. The fourth-order valence-corrected chi connectivity index (χ4v) is 5.48. The zero-order valence-electron chi connectivity index (χ0n) is 18.0. The lowest BCUT2D eigenvalue weighted by atomic mass is 9.71. The van der Waals surface area contributed by atoms with Crippen LogP contribution >= 0.6 is 0 Å². The summed E-state index contributed by atoms with van der Waals surface area (Å²) in [6.07, 6.45) is 1.63. The number of carboxylic acid groups (broad SMARTS) is 1. The van der Waals surface area contributed by atoms with E-state index in [1.54, 1.807) is 6.07 Å². The summed E-state index contributed by atoms with van der Waals surface area (Å²) in [5, 5.41) is 22.1. The molecule has 1 fully saturated rings. The molecule has 0 amide bonds. The van der Waals surface area contributed by atoms with Crippen molar-refractivity contribution in [2.45, 2.75) is 44.9 Å². The van der Waals surface area contributed by atoms with Gasteiger partial charge in [-0.2, -0.15) is 0 Å². The number of aliphatic hydroxyl groups is 1. The van der Waals surface area contributed by atoms with Gasteiger partial charge in [0.2, 0.25) is 0 Å². The van der Waals surface area contributed by atoms with Crippen molar-refractivity contribution in [1.82, 2.24) is 9.47 Å². The second-order valence-corrected chi connectivity index (χ2v) is 9.20. The monoisotopic (exact) mass is 432 g/mol. The molecule has 2 aliphatic rings. The minimum Gasteiger partial charge on any atom is -0.481 e. The Morgan fingerprint density at radius 1 is 1.09 bits per heavy atom. The second kappa shape index (κ2) is 8.19. The van der Waals surface area contributed by atoms with Crippen molar-refractivity contribution in [2.75, 3.05) is 13.1 Å². The summed E-state index contributed by atoms with van der Waals surface area (Å²) in [7, 11) is 0. The number of aromatic nitrogens is 1. The van der Waals surface area contributed by atoms with Gasteiger partial charge in [-0.25, -0.2) is 0 Å². The third-order valence-electron chi connectivity index (χ3n) is 7.25. The highest BCUT2D eigenvalue weighted by atomic mass is 16.4. The average molecular weight is 433 g/mol. The Hall–Kier alpha value is -2.96. The molecule has 5 rings (SSSR count). The highest BCUT2D eigenvalue weighted by molar-refractivity contribution is 5.86. The number of pyridine rings is 1. The van der Waals surface area contributed by atoms with Gasteiger partial charge in [0.15, 0.2) is 0 Å². The molecule has 0 unspecified atom stereocenters. The summed E-state index contributed by atoms with van der Waals surface area (Å²) in [5.74, 6) is -0.951. The zero-order valence-corrected chi connectivity index (χ0v) is 18.0. The number of aliphatic carboxylic acids is 1. The van der Waals surface area contributed by atoms with E-state index in [4.69, 9.17) is 0 Å². The molecule has 0 bridgehead atoms. The largest absolute Gasteiger partial charge is 0.481 e. The van der Waals surface area contributed by atoms with Crippen molar-refractivity contribution in [3.05, 3.63) is 81.6 Å². The van der Waals surface area contributed by atoms with E-state index in [0.29, 0.717) is 25.9 Å². The summed E-state index contributed by atoms with van der Waals surface area (Å²) in [5.41, 5.74) is 2.92. The Labute approximate surface area is 186 Å². The average Bonchev–Trinajstić information content (AvgIpc) is 2.79. The maximum Gasteiger partial charge on any atom is 0.312 e. The van der Waals surface area contributed by atoms with Crippen LogP contribution in [0.4, 0.5) is 0 Å². The van der Waals surface area contributed by atoms with Crippen LogP contribution in [0.3, 0.4) is 0 Å². The zero-order chi connectivity index (χ0) is 22.3. The van der Waals surface area contributed by atoms with Gasteiger partial charge in [0.1, 0.15) is 5.41 Å². The molecule has 6 nitrogen and oxygen atoms in total. The predicted octanol–water partition coefficient (Wildman–Crippen LogP) is 2.83. The topological polar surface area (TPSA) is 82.8 Å². The molecule has 3 heterocycles. The maximum absolute atomic E-state index is 12.8. The number of likely N-dealkylation sites (tertiary alicyclic amines) is 1. The lowest BCUT2D eigenvalue weighted by Crippen LogP contribution is -2.55. The minimum atomic E-state index is -1.20. The van der Waals surface area contributed by atoms with E-state index in [9.17, 15) is 19.8 Å². The number of para-hydroxylation sites is 1. The Kier molecular flexibility index (Phi) is 5.35. The Morgan fingerprint density at radius 2 is 1.91 bits per heavy atom. The number of aliphatic hydroxyl groups excluding tert-OH is 1. The number of hydrogen-bond donors (Lipinski definition) is 2. The fourth-order valence-electron chi connectivity index (χ4n) is 5.48. The van der Waals surface area contributed by atoms with E-state index in [1.807, 2.05) is 41.0 Å². The second-order valence-electron chi connectivity index (χ2n) is 9.20. The van der Waals surface area contributed by atoms with Crippen LogP contribution in [-0.4, -0.2) is 44.8 Å². The van der Waals surface area contributed by atoms with E-state index < -0.39 is 17.5 Å². The van der Waals surface area contributed by atoms with Crippen LogP contribution in [0.2, 0.25) is 0 Å². The molecule has 0 saturated carbocycles. The van der Waals surface area contributed by atoms with Gasteiger partial charge in [-0.3, -0.25) is 14.5 Å². The van der Waals surface area contributed by atoms with Crippen molar-refractivity contribution in [3.63, 3.8) is 0 Å². The molecule has 1 saturated heterocycles. The van der Waals surface area contributed by atoms with Gasteiger partial charge in [-0.1, -0.05) is 48.5 Å². The van der Waals surface area contributed by atoms with Crippen molar-refractivity contribution >= 4 is 16.9 Å². The maximum atomic E-state index is 12.8. The van der Waals surface area contributed by atoms with E-state index >= 15 is 0 Å². The SMILES string of the molecule is O=C(O)[C@@]1(Cc2ccccc2)CCN(Cc2cc(=O)n3c4c(cccc24)CCC3)C[C@H]1O. The van der Waals surface area contributed by atoms with E-state index in [0.717, 1.165) is 41.4 Å². The van der Waals surface area contributed by atoms with Gasteiger partial charge in [-0.15, -0.1) is 0 Å². The summed E-state index contributed by atoms with van der Waals surface area (Å²) in [6.45, 7) is 2.09. The van der Waals surface area contributed by atoms with Crippen molar-refractivity contribution in [3.8, 4) is 0 Å². The molecular weight excluding hydrogens is 404 g/mol. The Bertz CT molecular complexity index is 1220. The first kappa shape index (κ1) is 20.9. The lowest BCUT2D eigenvalue weighted by Gasteiger charge is -2.43. The number of carboxylic acids is 1. The van der Waals surface area contributed by atoms with E-state index in [1.165, 1.54) is 5.56 Å². The summed E-state index contributed by atoms with van der Waals surface area (Å²) >= 11 is 0. The van der Waals surface area contributed by atoms with Crippen LogP contribution in [0.15, 0.2) is 59.4 Å². The molecule has 3 aromatic rings. The summed E-state index contributed by atoms with van der Waals surface area (Å²) < 4.78 is 1.87. The van der Waals surface area contributed by atoms with Gasteiger partial charge in [0.05, 0.1) is 11.6 Å². The van der Waals surface area contributed by atoms with Crippen LogP contribution in [0.5, 0.6) is 0 Å². The van der Waals surface area contributed by atoms with E-state index in [-0.39, 0.29) is 12.1 Å². The molecule has 166 valence electrons. The molecule has 0 aliphatic carbocycles. The highest BCUT2D eigenvalue weighted by Gasteiger charge is 2.48. The predicted molar refractivity (Wildman–Crippen MR) is 123 cm³/mol. The van der Waals surface area contributed by atoms with Crippen LogP contribution < -0.4 is 5.56 Å². The number of nitrogens with zero attached hydrogens (tertiary/aromatic N) is 2. The fraction of sp³-hybridized carbons (Fsp3) is 0.385. The van der Waals surface area contributed by atoms with Crippen LogP contribution in [0.25, 0.3) is 10.9 Å². The van der Waals surface area contributed by atoms with Crippen LogP contribution in [-0.2, 0) is 30.7 Å². The number of hydrogen-bond acceptors (Lipinski definition) is 4. The Balaban J connectivity index is 1.41. The van der Waals surface area contributed by atoms with Gasteiger partial charge < -0.3 is 14.8 Å². The van der Waals surface area contributed by atoms with Crippen molar-refractivity contribution in [2.24, 2.45) is 5.41 Å². The summed E-state index contributed by atoms with van der Waals surface area (Å²) in [4.78, 5) is 27.1. The molecule has 0 radical (unpaired) electrons. The van der Waals surface area contributed by atoms with E-state index in [2.05, 4.69) is 17.0 Å². The number of β-amino-alcohol motifs (C(OH)–C–C–N with tert-alkyl or cyclic N) is 1. The molecule has 0 spiro atoms. The standard InChI is InChI=1S/C26H28N2O4/c29-22-17-27(13-11-26(22,25(31)32)15-18-6-2-1-3-7-18)16-20-14-23(30)28-12-5-9-19-8-4-10-21(20)24(19)28/h1-4,6-8,10,14,22,29H,5,9,11-13,15-17H2,(H,31,32)/t22-,26-/m1/s1. The first-order valence-electron chi connectivity index (χ1n) is 11.3. The third-order valence-corrected chi connectivity index (χ3v) is 7.25. The van der Waals surface area contributed by atoms with Gasteiger partial charge in [-0.05, 0) is 48.9 Å². The lowest BCUT2D eigenvalue weighted by molar-refractivity contribution is -0.163. The molecule has 1 aromatic heterocycles. The first-order chi connectivity index (χ1) is 15.5. The molecule has 2 aliphatic heterocycles. The molecular formula is C26H28N2O4. The molecule has 2 N–H and O–H groups in total. The van der Waals surface area contributed by atoms with Gasteiger partial charge in [0, 0.05) is 31.1 Å². The smallest absolute Gasteiger partial charge is 0.312 e. The van der Waals surface area contributed by atoms with Crippen LogP contribution in [0.1, 0.15) is 29.5 Å². The summed E-state index contributed by atoms with van der Waals surface area (Å²) in [6, 6.07) is 17.4. The molecule has 2 atom stereocenters. The molecule has 32 heavy (non-hydrogen) atoms. The highest BCUT2D eigenvalue weighted by Crippen LogP contribution is 2.37. The first-order valence-corrected chi connectivity index (χ1v) is 11.3. The number of benzene rings is 2. The van der Waals surface area contributed by atoms with Gasteiger partial charge >= 0.3 is 5.97 Å². The van der Waals surface area contributed by atoms with Crippen molar-refractivity contribution < 1.29 is 15.0 Å². The molecule has 2 aromatic carbocycles. The number of rotatable bonds is 5. The molecule has 6 heteroatoms. The number of aryl methyl sites for hydroxylation is 2. The minimum absolute atomic E-state index is 0.0150. The quantitative estimate of drug-likeness (QED) is 0.648. The van der Waals surface area contributed by atoms with Crippen LogP contribution in [0, 0.1) is 5.41 Å². The number of carbonyl (C=O) groups is 1. The van der Waals surface area contributed by atoms with Gasteiger partial charge in [0.25, 0.3) is 5.56 Å². The van der Waals surface area contributed by atoms with Crippen molar-refractivity contribution in [1.29, 1.82) is 0 Å². The number of piperidine rings is 1. The Morgan fingerprint density at radius 3 is 2.66 bits per heavy atom.